The molecule has 3 heterocycles. The van der Waals surface area contributed by atoms with E-state index in [0.717, 1.165) is 24.7 Å². The molecule has 2 unspecified atom stereocenters. The lowest BCUT2D eigenvalue weighted by Gasteiger charge is -2.34. The van der Waals surface area contributed by atoms with Gasteiger partial charge in [-0.15, -0.1) is 11.3 Å². The molecule has 17 heavy (non-hydrogen) atoms. The van der Waals surface area contributed by atoms with Crippen LogP contribution in [-0.2, 0) is 11.3 Å². The van der Waals surface area contributed by atoms with Crippen molar-refractivity contribution in [2.75, 3.05) is 26.7 Å². The minimum atomic E-state index is 0.194. The number of thiazole rings is 1. The van der Waals surface area contributed by atoms with Gasteiger partial charge in [0, 0.05) is 30.2 Å². The van der Waals surface area contributed by atoms with Crippen molar-refractivity contribution >= 4 is 11.3 Å². The second-order valence-corrected chi connectivity index (χ2v) is 5.95. The highest BCUT2D eigenvalue weighted by atomic mass is 32.1. The van der Waals surface area contributed by atoms with Crippen LogP contribution in [-0.4, -0.2) is 42.7 Å². The summed E-state index contributed by atoms with van der Waals surface area (Å²) in [5.41, 5.74) is 0. The molecule has 2 saturated heterocycles. The maximum Gasteiger partial charge on any atom is 0.123 e. The Hall–Kier alpha value is -0.490. The molecule has 1 aromatic heterocycles. The van der Waals surface area contributed by atoms with E-state index in [0.29, 0.717) is 6.04 Å². The zero-order chi connectivity index (χ0) is 11.7. The Kier molecular flexibility index (Phi) is 3.42. The molecule has 4 nitrogen and oxygen atoms in total. The van der Waals surface area contributed by atoms with E-state index < -0.39 is 0 Å². The van der Waals surface area contributed by atoms with Gasteiger partial charge in [0.1, 0.15) is 11.1 Å². The summed E-state index contributed by atoms with van der Waals surface area (Å²) in [6, 6.07) is 0.669. The van der Waals surface area contributed by atoms with Crippen LogP contribution in [0.3, 0.4) is 0 Å². The zero-order valence-corrected chi connectivity index (χ0v) is 11.0. The lowest BCUT2D eigenvalue weighted by atomic mass is 10.2. The molecular weight excluding hydrogens is 234 g/mol. The highest BCUT2D eigenvalue weighted by Crippen LogP contribution is 2.31. The van der Waals surface area contributed by atoms with Crippen molar-refractivity contribution < 1.29 is 4.74 Å². The van der Waals surface area contributed by atoms with E-state index in [1.54, 1.807) is 11.3 Å². The lowest BCUT2D eigenvalue weighted by Crippen LogP contribution is -2.42. The number of fused-ring (bicyclic) bond motifs is 1. The summed E-state index contributed by atoms with van der Waals surface area (Å²) in [7, 11) is 1.96. The van der Waals surface area contributed by atoms with E-state index >= 15 is 0 Å². The second-order valence-electron chi connectivity index (χ2n) is 4.81. The van der Waals surface area contributed by atoms with Gasteiger partial charge in [-0.25, -0.2) is 4.98 Å². The Morgan fingerprint density at radius 3 is 3.47 bits per heavy atom. The summed E-state index contributed by atoms with van der Waals surface area (Å²) >= 11 is 1.77. The summed E-state index contributed by atoms with van der Waals surface area (Å²) in [4.78, 5) is 8.35. The van der Waals surface area contributed by atoms with Gasteiger partial charge in [-0.2, -0.15) is 0 Å². The van der Waals surface area contributed by atoms with E-state index in [1.165, 1.54) is 24.3 Å². The van der Waals surface area contributed by atoms with Gasteiger partial charge in [-0.1, -0.05) is 0 Å². The summed E-state index contributed by atoms with van der Waals surface area (Å²) < 4.78 is 5.96. The van der Waals surface area contributed by atoms with E-state index in [2.05, 4.69) is 15.2 Å². The van der Waals surface area contributed by atoms with Crippen LogP contribution >= 0.6 is 11.3 Å². The number of rotatable bonds is 3. The van der Waals surface area contributed by atoms with E-state index in [4.69, 9.17) is 4.74 Å². The Morgan fingerprint density at radius 2 is 2.59 bits per heavy atom. The highest BCUT2D eigenvalue weighted by Gasteiger charge is 2.33. The van der Waals surface area contributed by atoms with Crippen LogP contribution in [0.25, 0.3) is 0 Å². The quantitative estimate of drug-likeness (QED) is 0.883. The number of aromatic nitrogens is 1. The monoisotopic (exact) mass is 253 g/mol. The van der Waals surface area contributed by atoms with Gasteiger partial charge in [0.2, 0.25) is 0 Å². The SMILES string of the molecule is CNCc1cnc(C2CN3CCCC3CO2)s1. The molecule has 0 bridgehead atoms. The Labute approximate surface area is 106 Å². The molecule has 0 aliphatic carbocycles. The second kappa shape index (κ2) is 5.02. The van der Waals surface area contributed by atoms with E-state index in [-0.39, 0.29) is 6.10 Å². The van der Waals surface area contributed by atoms with E-state index in [9.17, 15) is 0 Å². The molecule has 0 aromatic carbocycles. The molecule has 2 aliphatic rings. The fourth-order valence-electron chi connectivity index (χ4n) is 2.69. The third-order valence-electron chi connectivity index (χ3n) is 3.59. The van der Waals surface area contributed by atoms with E-state index in [1.807, 2.05) is 13.2 Å². The lowest BCUT2D eigenvalue weighted by molar-refractivity contribution is -0.0502. The minimum absolute atomic E-state index is 0.194. The number of nitrogens with zero attached hydrogens (tertiary/aromatic N) is 2. The van der Waals surface area contributed by atoms with Crippen molar-refractivity contribution in [3.8, 4) is 0 Å². The van der Waals surface area contributed by atoms with Crippen LogP contribution < -0.4 is 5.32 Å². The first-order valence-corrected chi connectivity index (χ1v) is 7.13. The maximum absolute atomic E-state index is 5.96. The topological polar surface area (TPSA) is 37.4 Å². The first-order valence-electron chi connectivity index (χ1n) is 6.31. The van der Waals surface area contributed by atoms with Crippen molar-refractivity contribution in [2.24, 2.45) is 0 Å². The van der Waals surface area contributed by atoms with Crippen LogP contribution in [0.4, 0.5) is 0 Å². The summed E-state index contributed by atoms with van der Waals surface area (Å²) in [5, 5.41) is 4.30. The van der Waals surface area contributed by atoms with Gasteiger partial charge in [-0.3, -0.25) is 4.90 Å². The number of hydrogen-bond acceptors (Lipinski definition) is 5. The molecule has 1 aromatic rings. The fraction of sp³-hybridized carbons (Fsp3) is 0.750. The maximum atomic E-state index is 5.96. The predicted molar refractivity (Wildman–Crippen MR) is 68.2 cm³/mol. The molecule has 1 N–H and O–H groups in total. The van der Waals surface area contributed by atoms with Crippen LogP contribution in [0.5, 0.6) is 0 Å². The third kappa shape index (κ3) is 2.38. The number of ether oxygens (including phenoxy) is 1. The van der Waals surface area contributed by atoms with Gasteiger partial charge in [0.15, 0.2) is 0 Å². The van der Waals surface area contributed by atoms with Gasteiger partial charge in [-0.05, 0) is 26.4 Å². The highest BCUT2D eigenvalue weighted by molar-refractivity contribution is 7.11. The molecule has 2 fully saturated rings. The first kappa shape index (κ1) is 11.6. The molecule has 0 saturated carbocycles. The average Bonchev–Trinajstić information content (AvgIpc) is 2.96. The molecule has 0 spiro atoms. The summed E-state index contributed by atoms with van der Waals surface area (Å²) in [6.07, 6.45) is 4.79. The molecule has 2 aliphatic heterocycles. The van der Waals surface area contributed by atoms with Gasteiger partial charge >= 0.3 is 0 Å². The van der Waals surface area contributed by atoms with Crippen LogP contribution in [0.1, 0.15) is 28.8 Å². The van der Waals surface area contributed by atoms with Gasteiger partial charge < -0.3 is 10.1 Å². The standard InChI is InChI=1S/C12H19N3OS/c1-13-5-10-6-14-12(17-10)11-7-15-4-2-3-9(15)8-16-11/h6,9,11,13H,2-5,7-8H2,1H3. The number of morpholine rings is 1. The number of nitrogens with one attached hydrogen (secondary N) is 1. The van der Waals surface area contributed by atoms with Crippen molar-refractivity contribution in [1.82, 2.24) is 15.2 Å². The first-order chi connectivity index (χ1) is 8.36. The molecule has 0 radical (unpaired) electrons. The van der Waals surface area contributed by atoms with Crippen LogP contribution in [0.15, 0.2) is 6.20 Å². The predicted octanol–water partition coefficient (Wildman–Crippen LogP) is 1.40. The molecule has 5 heteroatoms. The Balaban J connectivity index is 1.67. The smallest absolute Gasteiger partial charge is 0.123 e. The average molecular weight is 253 g/mol. The van der Waals surface area contributed by atoms with Gasteiger partial charge in [0.05, 0.1) is 6.61 Å². The summed E-state index contributed by atoms with van der Waals surface area (Å²) in [5.74, 6) is 0. The molecule has 2 atom stereocenters. The minimum Gasteiger partial charge on any atom is -0.368 e. The number of hydrogen-bond donors (Lipinski definition) is 1. The van der Waals surface area contributed by atoms with Crippen molar-refractivity contribution in [1.29, 1.82) is 0 Å². The molecule has 0 amide bonds. The summed E-state index contributed by atoms with van der Waals surface area (Å²) in [6.45, 7) is 4.04. The van der Waals surface area contributed by atoms with Crippen LogP contribution in [0.2, 0.25) is 0 Å². The normalized spacial score (nSPS) is 29.5. The molecular formula is C12H19N3OS. The largest absolute Gasteiger partial charge is 0.368 e. The third-order valence-corrected chi connectivity index (χ3v) is 4.68. The van der Waals surface area contributed by atoms with Crippen LogP contribution in [0, 0.1) is 0 Å². The van der Waals surface area contributed by atoms with Crippen molar-refractivity contribution in [3.05, 3.63) is 16.1 Å². The fourth-order valence-corrected chi connectivity index (χ4v) is 3.66. The van der Waals surface area contributed by atoms with Crippen molar-refractivity contribution in [2.45, 2.75) is 31.5 Å². The van der Waals surface area contributed by atoms with Crippen molar-refractivity contribution in [3.63, 3.8) is 0 Å². The zero-order valence-electron chi connectivity index (χ0n) is 10.2. The Morgan fingerprint density at radius 1 is 1.65 bits per heavy atom. The Bertz CT molecular complexity index is 382. The van der Waals surface area contributed by atoms with Gasteiger partial charge in [0.25, 0.3) is 0 Å². The molecule has 94 valence electrons. The molecule has 3 rings (SSSR count).